The number of nitrogens with zero attached hydrogens (tertiary/aromatic N) is 2. The van der Waals surface area contributed by atoms with Gasteiger partial charge in [-0.05, 0) is 25.1 Å². The number of non-ortho nitro benzene ring substituents is 1. The second kappa shape index (κ2) is 10.4. The lowest BCUT2D eigenvalue weighted by molar-refractivity contribution is -0.384. The molecule has 3 amide bonds. The van der Waals surface area contributed by atoms with Gasteiger partial charge in [-0.15, -0.1) is 0 Å². The summed E-state index contributed by atoms with van der Waals surface area (Å²) in [5.74, 6) is -0.438. The average Bonchev–Trinajstić information content (AvgIpc) is 3.12. The summed E-state index contributed by atoms with van der Waals surface area (Å²) >= 11 is 12.7. The molecular weight excluding hydrogens is 543 g/mol. The lowest BCUT2D eigenvalue weighted by Gasteiger charge is -2.14. The first-order valence-corrected chi connectivity index (χ1v) is 12.5. The van der Waals surface area contributed by atoms with E-state index in [0.717, 1.165) is 18.2 Å². The van der Waals surface area contributed by atoms with E-state index in [2.05, 4.69) is 25.7 Å². The third kappa shape index (κ3) is 6.36. The van der Waals surface area contributed by atoms with Crippen molar-refractivity contribution in [3.63, 3.8) is 0 Å². The number of nitro groups is 1. The minimum absolute atomic E-state index is 0.0607. The van der Waals surface area contributed by atoms with Crippen molar-refractivity contribution < 1.29 is 22.9 Å². The zero-order chi connectivity index (χ0) is 25.9. The minimum Gasteiger partial charge on any atom is -0.306 e. The van der Waals surface area contributed by atoms with E-state index < -0.39 is 32.6 Å². The van der Waals surface area contributed by atoms with Crippen molar-refractivity contribution in [1.82, 2.24) is 4.98 Å². The number of nitrogens with one attached hydrogen (secondary N) is 4. The van der Waals surface area contributed by atoms with E-state index in [1.165, 1.54) is 26.0 Å². The molecule has 0 spiro atoms. The second-order valence-corrected chi connectivity index (χ2v) is 10.5. The highest BCUT2D eigenvalue weighted by Crippen LogP contribution is 2.34. The normalized spacial score (nSPS) is 11.0. The summed E-state index contributed by atoms with van der Waals surface area (Å²) < 4.78 is 28.1. The summed E-state index contributed by atoms with van der Waals surface area (Å²) in [7, 11) is -4.31. The van der Waals surface area contributed by atoms with Crippen LogP contribution in [0.15, 0.2) is 40.6 Å². The SMILES string of the molecule is CC(=O)Nc1nc(C)c(S(=O)(=O)Nc2cc([N+](=O)[O-])ccc2NC(=O)Nc2cccc(Cl)c2Cl)s1. The van der Waals surface area contributed by atoms with Crippen LogP contribution in [0, 0.1) is 17.0 Å². The van der Waals surface area contributed by atoms with Crippen LogP contribution in [0.1, 0.15) is 12.6 Å². The van der Waals surface area contributed by atoms with E-state index >= 15 is 0 Å². The zero-order valence-electron chi connectivity index (χ0n) is 17.9. The number of aromatic nitrogens is 1. The Hall–Kier alpha value is -3.46. The number of hydrogen-bond acceptors (Lipinski definition) is 8. The molecular formula is C19H16Cl2N6O6S2. The highest BCUT2D eigenvalue weighted by molar-refractivity contribution is 7.94. The third-order valence-corrected chi connectivity index (χ3v) is 8.05. The summed E-state index contributed by atoms with van der Waals surface area (Å²) in [4.78, 5) is 38.3. The van der Waals surface area contributed by atoms with Crippen LogP contribution in [-0.2, 0) is 14.8 Å². The molecule has 0 saturated heterocycles. The van der Waals surface area contributed by atoms with Gasteiger partial charge in [0.2, 0.25) is 5.91 Å². The number of urea groups is 1. The number of carbonyl (C=O) groups is 2. The number of anilines is 4. The molecule has 184 valence electrons. The van der Waals surface area contributed by atoms with Crippen molar-refractivity contribution >= 4 is 84.4 Å². The molecule has 3 rings (SSSR count). The number of sulfonamides is 1. The van der Waals surface area contributed by atoms with E-state index in [1.807, 2.05) is 0 Å². The fraction of sp³-hybridized carbons (Fsp3) is 0.105. The van der Waals surface area contributed by atoms with Crippen LogP contribution in [0.25, 0.3) is 0 Å². The monoisotopic (exact) mass is 558 g/mol. The van der Waals surface area contributed by atoms with Crippen molar-refractivity contribution in [2.24, 2.45) is 0 Å². The third-order valence-electron chi connectivity index (χ3n) is 4.19. The first kappa shape index (κ1) is 26.2. The van der Waals surface area contributed by atoms with Gasteiger partial charge in [0.1, 0.15) is 0 Å². The van der Waals surface area contributed by atoms with E-state index in [-0.39, 0.29) is 42.1 Å². The predicted molar refractivity (Wildman–Crippen MR) is 134 cm³/mol. The van der Waals surface area contributed by atoms with Crippen molar-refractivity contribution in [3.05, 3.63) is 62.3 Å². The van der Waals surface area contributed by atoms with Crippen LogP contribution in [0.2, 0.25) is 10.0 Å². The molecule has 4 N–H and O–H groups in total. The van der Waals surface area contributed by atoms with E-state index in [9.17, 15) is 28.1 Å². The largest absolute Gasteiger partial charge is 0.323 e. The van der Waals surface area contributed by atoms with Crippen molar-refractivity contribution in [1.29, 1.82) is 0 Å². The van der Waals surface area contributed by atoms with Gasteiger partial charge >= 0.3 is 6.03 Å². The molecule has 0 atom stereocenters. The molecule has 0 aliphatic heterocycles. The molecule has 0 fully saturated rings. The van der Waals surface area contributed by atoms with Gasteiger partial charge in [0.05, 0.1) is 37.7 Å². The molecule has 12 nitrogen and oxygen atoms in total. The van der Waals surface area contributed by atoms with Gasteiger partial charge in [-0.3, -0.25) is 19.6 Å². The smallest absolute Gasteiger partial charge is 0.306 e. The van der Waals surface area contributed by atoms with Gasteiger partial charge in [-0.1, -0.05) is 40.6 Å². The lowest BCUT2D eigenvalue weighted by atomic mass is 10.2. The number of amides is 3. The number of carbonyl (C=O) groups excluding carboxylic acids is 2. The maximum absolute atomic E-state index is 13.0. The second-order valence-electron chi connectivity index (χ2n) is 6.85. The van der Waals surface area contributed by atoms with Crippen molar-refractivity contribution in [3.8, 4) is 0 Å². The van der Waals surface area contributed by atoms with Gasteiger partial charge in [0.15, 0.2) is 9.34 Å². The van der Waals surface area contributed by atoms with Crippen LogP contribution in [0.4, 0.5) is 32.7 Å². The Morgan fingerprint density at radius 2 is 1.74 bits per heavy atom. The number of aryl methyl sites for hydroxylation is 1. The quantitative estimate of drug-likeness (QED) is 0.231. The van der Waals surface area contributed by atoms with Gasteiger partial charge < -0.3 is 16.0 Å². The van der Waals surface area contributed by atoms with Gasteiger partial charge in [-0.25, -0.2) is 18.2 Å². The first-order chi connectivity index (χ1) is 16.4. The standard InChI is InChI=1S/C19H16Cl2N6O6S2/c1-9-17(34-19(22-9)23-10(2)28)35(32,33)26-15-8-11(27(30)31)6-7-13(15)24-18(29)25-14-5-3-4-12(20)16(14)21/h3-8,26H,1-2H3,(H,22,23,28)(H2,24,25,29). The van der Waals surface area contributed by atoms with Crippen LogP contribution in [-0.4, -0.2) is 30.3 Å². The Morgan fingerprint density at radius 3 is 2.40 bits per heavy atom. The van der Waals surface area contributed by atoms with Gasteiger partial charge in [0.25, 0.3) is 15.7 Å². The minimum atomic E-state index is -4.31. The Labute approximate surface area is 212 Å². The van der Waals surface area contributed by atoms with Crippen LogP contribution in [0.3, 0.4) is 0 Å². The topological polar surface area (TPSA) is 172 Å². The summed E-state index contributed by atoms with van der Waals surface area (Å²) in [5.41, 5.74) is -0.503. The molecule has 35 heavy (non-hydrogen) atoms. The Balaban J connectivity index is 1.92. The number of thiazole rings is 1. The average molecular weight is 559 g/mol. The summed E-state index contributed by atoms with van der Waals surface area (Å²) in [6, 6.07) is 6.96. The van der Waals surface area contributed by atoms with Crippen LogP contribution >= 0.6 is 34.5 Å². The molecule has 16 heteroatoms. The van der Waals surface area contributed by atoms with Crippen LogP contribution in [0.5, 0.6) is 0 Å². The van der Waals surface area contributed by atoms with Gasteiger partial charge in [0, 0.05) is 19.1 Å². The van der Waals surface area contributed by atoms with E-state index in [1.54, 1.807) is 6.07 Å². The van der Waals surface area contributed by atoms with Crippen molar-refractivity contribution in [2.75, 3.05) is 20.7 Å². The molecule has 0 unspecified atom stereocenters. The first-order valence-electron chi connectivity index (χ1n) is 9.45. The molecule has 1 aromatic heterocycles. The molecule has 3 aromatic rings. The maximum Gasteiger partial charge on any atom is 0.323 e. The molecule has 0 aliphatic carbocycles. The zero-order valence-corrected chi connectivity index (χ0v) is 21.0. The number of benzene rings is 2. The van der Waals surface area contributed by atoms with E-state index in [0.29, 0.717) is 11.3 Å². The number of hydrogen-bond donors (Lipinski definition) is 4. The van der Waals surface area contributed by atoms with E-state index in [4.69, 9.17) is 23.2 Å². The molecule has 0 aliphatic rings. The number of halogens is 2. The van der Waals surface area contributed by atoms with Crippen molar-refractivity contribution in [2.45, 2.75) is 18.1 Å². The summed E-state index contributed by atoms with van der Waals surface area (Å²) in [5, 5.41) is 18.9. The Morgan fingerprint density at radius 1 is 1.06 bits per heavy atom. The summed E-state index contributed by atoms with van der Waals surface area (Å²) in [6.45, 7) is 2.66. The summed E-state index contributed by atoms with van der Waals surface area (Å²) in [6.07, 6.45) is 0. The molecule has 1 heterocycles. The Kier molecular flexibility index (Phi) is 7.80. The predicted octanol–water partition coefficient (Wildman–Crippen LogP) is 5.07. The molecule has 0 saturated carbocycles. The number of nitro benzene ring substituents is 1. The highest BCUT2D eigenvalue weighted by Gasteiger charge is 2.25. The van der Waals surface area contributed by atoms with Gasteiger partial charge in [-0.2, -0.15) is 0 Å². The van der Waals surface area contributed by atoms with Crippen LogP contribution < -0.4 is 20.7 Å². The number of rotatable bonds is 7. The highest BCUT2D eigenvalue weighted by atomic mass is 35.5. The Bertz CT molecular complexity index is 1440. The maximum atomic E-state index is 13.0. The molecule has 2 aromatic carbocycles. The fourth-order valence-corrected chi connectivity index (χ4v) is 5.62. The fourth-order valence-electron chi connectivity index (χ4n) is 2.74. The molecule has 0 radical (unpaired) electrons. The molecule has 0 bridgehead atoms. The lowest BCUT2D eigenvalue weighted by Crippen LogP contribution is -2.21.